The quantitative estimate of drug-likeness (QED) is 0.0143. The Balaban J connectivity index is -0.0000000504. The van der Waals surface area contributed by atoms with Crippen LogP contribution in [0.15, 0.2) is 0 Å². The van der Waals surface area contributed by atoms with Crippen LogP contribution < -0.4 is 29.6 Å². The molecule has 4 saturated heterocycles. The van der Waals surface area contributed by atoms with Crippen LogP contribution in [-0.4, -0.2) is 347 Å². The second-order valence-corrected chi connectivity index (χ2v) is 22.2. The summed E-state index contributed by atoms with van der Waals surface area (Å²) >= 11 is 21.8. The predicted octanol–water partition coefficient (Wildman–Crippen LogP) is 9.10. The van der Waals surface area contributed by atoms with Crippen LogP contribution in [0.25, 0.3) is 0 Å². The molecule has 7 unspecified atom stereocenters. The number of rotatable bonds is 58. The number of aliphatic hydroxyl groups excluding tert-OH is 6. The third-order valence-electron chi connectivity index (χ3n) is 11.2. The fraction of sp³-hybridized carbons (Fsp3) is 1.00. The van der Waals surface area contributed by atoms with E-state index in [0.717, 1.165) is 26.4 Å². The predicted molar refractivity (Wildman–Crippen MR) is 431 cm³/mol. The van der Waals surface area contributed by atoms with Crippen LogP contribution in [-0.2, 0) is 90.0 Å². The molecule has 0 aromatic rings. The van der Waals surface area contributed by atoms with E-state index < -0.39 is 23.7 Å². The van der Waals surface area contributed by atoms with Gasteiger partial charge < -0.3 is 126 Å². The van der Waals surface area contributed by atoms with Crippen molar-refractivity contribution >= 4 is 46.4 Å². The minimum Gasteiger partial charge on any atom is -0.870 e. The summed E-state index contributed by atoms with van der Waals surface area (Å²) in [5.74, 6) is 1.03. The van der Waals surface area contributed by atoms with E-state index in [1.165, 1.54) is 0 Å². The summed E-state index contributed by atoms with van der Waals surface area (Å²) in [5, 5.41) is 54.0. The largest absolute Gasteiger partial charge is 1.00 e. The van der Waals surface area contributed by atoms with Crippen molar-refractivity contribution in [1.82, 2.24) is 0 Å². The molecule has 0 saturated carbocycles. The summed E-state index contributed by atoms with van der Waals surface area (Å²) in [4.78, 5) is 0. The molecule has 0 spiro atoms. The zero-order chi connectivity index (χ0) is 61.0. The first-order valence-electron chi connectivity index (χ1n) is 28.4. The molecule has 4 aliphatic rings. The number of epoxide rings is 4. The molecule has 7 atom stereocenters. The van der Waals surface area contributed by atoms with E-state index >= 15 is 0 Å². The van der Waals surface area contributed by atoms with Crippen molar-refractivity contribution in [1.29, 1.82) is 0 Å². The van der Waals surface area contributed by atoms with Crippen LogP contribution >= 0.6 is 46.4 Å². The molecule has 0 bridgehead atoms. The smallest absolute Gasteiger partial charge is 0.870 e. The Morgan fingerprint density at radius 3 is 0.583 bits per heavy atom. The molecule has 0 aromatic heterocycles. The zero-order valence-corrected chi connectivity index (χ0v) is 56.0. The number of hydrogen-bond donors (Lipinski definition) is 6. The Bertz CT molecular complexity index is 1260. The molecule has 0 aliphatic carbocycles. The van der Waals surface area contributed by atoms with Gasteiger partial charge in [-0.05, 0) is 0 Å². The van der Waals surface area contributed by atoms with Crippen LogP contribution in [0.1, 0.15) is 154 Å². The molecule has 0 amide bonds. The van der Waals surface area contributed by atoms with Gasteiger partial charge in [0, 0.05) is 16.2 Å². The average molecular weight is 1620 g/mol. The molecule has 0 radical (unpaired) electrons. The van der Waals surface area contributed by atoms with Gasteiger partial charge in [-0.2, -0.15) is 0 Å². The van der Waals surface area contributed by atoms with Gasteiger partial charge in [0.1, 0.15) is 18.3 Å². The standard InChI is InChI=1S/C20H39Cl3O9.C20H36O9.C11H24O6.C3H5ClO.18CH4.Na.H2O/c1-20(14-30-5-2-27-11-17(24)8-21,15-31-6-3-28-12-18(25)9-22)16-32-7-4-29-13-19(26)10-23;1-20(14-24-5-2-21-8-17-11-27-17,15-25-6-3-22-9-18-12-28-18)16-26-7-4-23-10-19-13-29-19;1-11(8-15-5-2-12,9-16-6-3-13)10-17-7-4-14;4-1-3-2-5-3;;;;;;;;;;;;;;;;;;;;/h17-19,24-26H,2-16H2,1H3;17-19H,2-16H2,1H3;12-14H,2-10H2,1H3;3H,1-2H2;18*1H4;;1H2/q;;;;;;;;;;;;;;;;;;;;;;+1;/p-1. The van der Waals surface area contributed by atoms with Gasteiger partial charge in [0.2, 0.25) is 0 Å². The molecule has 4 heterocycles. The van der Waals surface area contributed by atoms with Crippen LogP contribution in [0.2, 0.25) is 0 Å². The number of ether oxygens (including phenoxy) is 19. The third kappa shape index (κ3) is 107. The summed E-state index contributed by atoms with van der Waals surface area (Å²) in [5.41, 5.74) is -1.03. The maximum absolute atomic E-state index is 9.36. The molecule has 4 aliphatic heterocycles. The van der Waals surface area contributed by atoms with Gasteiger partial charge in [0.25, 0.3) is 0 Å². The molecule has 26 nitrogen and oxygen atoms in total. The van der Waals surface area contributed by atoms with Crippen LogP contribution in [0, 0.1) is 16.2 Å². The summed E-state index contributed by atoms with van der Waals surface area (Å²) in [6, 6.07) is 0. The van der Waals surface area contributed by atoms with Crippen LogP contribution in [0.3, 0.4) is 0 Å². The average Bonchev–Trinajstić information content (AvgIpc) is 0.993. The summed E-state index contributed by atoms with van der Waals surface area (Å²) < 4.78 is 103. The molecule has 650 valence electrons. The first kappa shape index (κ1) is 156. The first-order valence-corrected chi connectivity index (χ1v) is 30.6. The van der Waals surface area contributed by atoms with Gasteiger partial charge >= 0.3 is 29.6 Å². The van der Waals surface area contributed by atoms with Crippen molar-refractivity contribution < 1.29 is 156 Å². The van der Waals surface area contributed by atoms with E-state index in [9.17, 15) is 15.3 Å². The maximum Gasteiger partial charge on any atom is 1.00 e. The van der Waals surface area contributed by atoms with Crippen LogP contribution in [0.4, 0.5) is 0 Å². The molecule has 4 fully saturated rings. The minimum absolute atomic E-state index is 0. The van der Waals surface area contributed by atoms with Crippen molar-refractivity contribution in [2.24, 2.45) is 16.2 Å². The fourth-order valence-electron chi connectivity index (χ4n) is 6.23. The monoisotopic (exact) mass is 1620 g/mol. The van der Waals surface area contributed by atoms with Crippen molar-refractivity contribution in [3.8, 4) is 0 Å². The van der Waals surface area contributed by atoms with E-state index in [1.807, 2.05) is 13.8 Å². The normalized spacial score (nSPS) is 16.4. The Hall–Kier alpha value is 1.12. The van der Waals surface area contributed by atoms with Gasteiger partial charge in [-0.15, -0.1) is 46.4 Å². The van der Waals surface area contributed by atoms with Crippen molar-refractivity contribution in [2.45, 2.75) is 197 Å². The second-order valence-electron chi connectivity index (χ2n) is 20.9. The topological polar surface area (TPSA) is 340 Å². The molecule has 103 heavy (non-hydrogen) atoms. The molecule has 0 aromatic carbocycles. The van der Waals surface area contributed by atoms with Crippen molar-refractivity contribution in [2.75, 3.05) is 268 Å². The Morgan fingerprint density at radius 1 is 0.291 bits per heavy atom. The van der Waals surface area contributed by atoms with Gasteiger partial charge in [0.15, 0.2) is 0 Å². The first-order chi connectivity index (χ1) is 40.2. The number of aliphatic hydroxyl groups is 6. The van der Waals surface area contributed by atoms with Gasteiger partial charge in [-0.3, -0.25) is 0 Å². The zero-order valence-electron chi connectivity index (χ0n) is 50.9. The van der Waals surface area contributed by atoms with Crippen molar-refractivity contribution in [3.63, 3.8) is 0 Å². The summed E-state index contributed by atoms with van der Waals surface area (Å²) in [7, 11) is 0. The van der Waals surface area contributed by atoms with E-state index in [0.29, 0.717) is 171 Å². The Morgan fingerprint density at radius 2 is 0.447 bits per heavy atom. The number of alkyl halides is 4. The number of hydrogen-bond acceptors (Lipinski definition) is 26. The molecular formula is C72H177Cl4NaO26. The number of halogens is 4. The summed E-state index contributed by atoms with van der Waals surface area (Å²) in [6.45, 7) is 21.7. The minimum atomic E-state index is -0.690. The summed E-state index contributed by atoms with van der Waals surface area (Å²) in [6.07, 6.45) is -0.826. The van der Waals surface area contributed by atoms with E-state index in [2.05, 4.69) is 6.92 Å². The molecule has 4 rings (SSSR count). The van der Waals surface area contributed by atoms with Gasteiger partial charge in [0.05, 0.1) is 292 Å². The molecule has 31 heteroatoms. The van der Waals surface area contributed by atoms with E-state index in [-0.39, 0.29) is 275 Å². The van der Waals surface area contributed by atoms with Gasteiger partial charge in [-0.25, -0.2) is 0 Å². The molecular weight excluding hydrogens is 1450 g/mol. The van der Waals surface area contributed by atoms with Gasteiger partial charge in [-0.1, -0.05) is 154 Å². The van der Waals surface area contributed by atoms with Crippen molar-refractivity contribution in [3.05, 3.63) is 0 Å². The Labute approximate surface area is 679 Å². The SMILES string of the molecule is C.C.C.C.C.C.C.C.C.C.C.C.C.C.C.C.C.C.CC(COCCO)(COCCO)COCCO.CC(COCCOCC(O)CCl)(COCCOCC(O)CCl)COCCOCC(O)CCl.CC(COCCOCC1CO1)(COCCOCC1CO1)COCCOCC1CO1.ClCC1CO1.[Na+].[OH-]. The molecule has 7 N–H and O–H groups in total. The van der Waals surface area contributed by atoms with Crippen LogP contribution in [0.5, 0.6) is 0 Å². The fourth-order valence-corrected chi connectivity index (χ4v) is 6.67. The third-order valence-corrected chi connectivity index (χ3v) is 12.6. The van der Waals surface area contributed by atoms with E-state index in [4.69, 9.17) is 152 Å². The maximum atomic E-state index is 9.36. The van der Waals surface area contributed by atoms with E-state index in [1.54, 1.807) is 0 Å². The Kier molecular flexibility index (Phi) is 163. The second kappa shape index (κ2) is 107.